The summed E-state index contributed by atoms with van der Waals surface area (Å²) in [6, 6.07) is 47.6. The normalized spacial score (nSPS) is 18.1. The second-order valence-corrected chi connectivity index (χ2v) is 17.6. The lowest BCUT2D eigenvalue weighted by Crippen LogP contribution is -2.41. The van der Waals surface area contributed by atoms with Crippen LogP contribution in [0.5, 0.6) is 0 Å². The smallest absolute Gasteiger partial charge is 0.399 e. The summed E-state index contributed by atoms with van der Waals surface area (Å²) in [6.07, 6.45) is 0.838. The van der Waals surface area contributed by atoms with Crippen molar-refractivity contribution in [1.29, 1.82) is 0 Å². The van der Waals surface area contributed by atoms with Gasteiger partial charge in [-0.05, 0) is 102 Å². The molecule has 6 aromatic carbocycles. The zero-order valence-corrected chi connectivity index (χ0v) is 33.5. The van der Waals surface area contributed by atoms with Gasteiger partial charge in [-0.2, -0.15) is 9.97 Å². The van der Waals surface area contributed by atoms with Crippen LogP contribution in [0.3, 0.4) is 0 Å². The van der Waals surface area contributed by atoms with E-state index in [4.69, 9.17) is 25.9 Å². The van der Waals surface area contributed by atoms with Gasteiger partial charge in [0.15, 0.2) is 11.6 Å². The number of nitrogens with zero attached hydrogens (tertiary/aromatic N) is 3. The van der Waals surface area contributed by atoms with Gasteiger partial charge in [-0.3, -0.25) is 0 Å². The van der Waals surface area contributed by atoms with Crippen molar-refractivity contribution < 1.29 is 9.31 Å². The molecule has 0 spiro atoms. The van der Waals surface area contributed by atoms with E-state index >= 15 is 0 Å². The van der Waals surface area contributed by atoms with E-state index in [2.05, 4.69) is 148 Å². The van der Waals surface area contributed by atoms with E-state index in [1.165, 1.54) is 53.6 Å². The van der Waals surface area contributed by atoms with Crippen LogP contribution in [0.15, 0.2) is 133 Å². The number of hydrogen-bond donors (Lipinski definition) is 0. The molecular formula is C48H39BClN3O2S. The second-order valence-electron chi connectivity index (χ2n) is 16.2. The van der Waals surface area contributed by atoms with Gasteiger partial charge in [-0.1, -0.05) is 128 Å². The number of thiophene rings is 1. The largest absolute Gasteiger partial charge is 0.494 e. The molecule has 0 saturated carbocycles. The fourth-order valence-electron chi connectivity index (χ4n) is 8.62. The van der Waals surface area contributed by atoms with Gasteiger partial charge >= 0.3 is 7.12 Å². The molecule has 274 valence electrons. The molecule has 1 aliphatic carbocycles. The number of hydrogen-bond acceptors (Lipinski definition) is 6. The Kier molecular flexibility index (Phi) is 8.14. The summed E-state index contributed by atoms with van der Waals surface area (Å²) >= 11 is 8.42. The Morgan fingerprint density at radius 3 is 2.04 bits per heavy atom. The van der Waals surface area contributed by atoms with Gasteiger partial charge in [0.05, 0.1) is 11.2 Å². The number of benzene rings is 6. The molecule has 5 nitrogen and oxygen atoms in total. The highest BCUT2D eigenvalue weighted by Gasteiger charge is 2.51. The Hall–Kier alpha value is -5.18. The van der Waals surface area contributed by atoms with E-state index in [0.29, 0.717) is 11.6 Å². The van der Waals surface area contributed by atoms with E-state index < -0.39 is 0 Å². The predicted octanol–water partition coefficient (Wildman–Crippen LogP) is 11.7. The maximum Gasteiger partial charge on any atom is 0.494 e. The molecular weight excluding hydrogens is 729 g/mol. The fourth-order valence-corrected chi connectivity index (χ4v) is 9.98. The fraction of sp³-hybridized carbons (Fsp3) is 0.188. The quantitative estimate of drug-likeness (QED) is 0.158. The van der Waals surface area contributed by atoms with Crippen molar-refractivity contribution in [2.45, 2.75) is 57.7 Å². The Bertz CT molecular complexity index is 2820. The maximum absolute atomic E-state index is 6.56. The van der Waals surface area contributed by atoms with Gasteiger partial charge in [0.1, 0.15) is 0 Å². The van der Waals surface area contributed by atoms with Crippen molar-refractivity contribution in [2.24, 2.45) is 0 Å². The molecule has 0 radical (unpaired) electrons. The standard InChI is InChI=1S/C48H39BClN3O2S/c1-46(2)47(3,4)55-49(54-46)32-24-22-30(23-25-32)33-16-12-20-39-42(33)35-26-21-29(27-40(35)56-39)28-48(5)37-18-10-9-15-34(37)41-36(17-11-19-38(41)48)44-51-43(52-45(50)53-44)31-13-7-6-8-14-31/h6-27H,28H2,1-5H3. The van der Waals surface area contributed by atoms with Gasteiger partial charge in [0, 0.05) is 36.7 Å². The summed E-state index contributed by atoms with van der Waals surface area (Å²) in [5.74, 6) is 1.13. The Morgan fingerprint density at radius 1 is 0.589 bits per heavy atom. The molecule has 56 heavy (non-hydrogen) atoms. The summed E-state index contributed by atoms with van der Waals surface area (Å²) in [7, 11) is -0.382. The van der Waals surface area contributed by atoms with Crippen molar-refractivity contribution in [3.8, 4) is 45.0 Å². The van der Waals surface area contributed by atoms with Gasteiger partial charge < -0.3 is 9.31 Å². The summed E-state index contributed by atoms with van der Waals surface area (Å²) < 4.78 is 15.2. The summed E-state index contributed by atoms with van der Waals surface area (Å²) in [5.41, 5.74) is 10.5. The zero-order chi connectivity index (χ0) is 38.4. The zero-order valence-electron chi connectivity index (χ0n) is 31.9. The van der Waals surface area contributed by atoms with Crippen LogP contribution in [0.2, 0.25) is 5.28 Å². The second kappa shape index (κ2) is 12.9. The highest BCUT2D eigenvalue weighted by atomic mass is 35.5. The molecule has 1 atom stereocenters. The third-order valence-electron chi connectivity index (χ3n) is 12.2. The van der Waals surface area contributed by atoms with Crippen LogP contribution in [0, 0.1) is 0 Å². The van der Waals surface area contributed by atoms with E-state index in [1.807, 2.05) is 41.7 Å². The van der Waals surface area contributed by atoms with Crippen LogP contribution >= 0.6 is 22.9 Å². The van der Waals surface area contributed by atoms with Crippen LogP contribution in [0.4, 0.5) is 0 Å². The van der Waals surface area contributed by atoms with Crippen molar-refractivity contribution >= 4 is 55.7 Å². The molecule has 10 rings (SSSR count). The van der Waals surface area contributed by atoms with Crippen LogP contribution < -0.4 is 5.46 Å². The van der Waals surface area contributed by atoms with Gasteiger partial charge in [-0.15, -0.1) is 11.3 Å². The molecule has 1 unspecified atom stereocenters. The lowest BCUT2D eigenvalue weighted by Gasteiger charge is -2.32. The van der Waals surface area contributed by atoms with Crippen LogP contribution in [0.1, 0.15) is 51.3 Å². The number of halogens is 1. The first-order valence-electron chi connectivity index (χ1n) is 19.1. The molecule has 8 aromatic rings. The Labute approximate surface area is 336 Å². The minimum atomic E-state index is -0.382. The molecule has 0 bridgehead atoms. The van der Waals surface area contributed by atoms with E-state index in [1.54, 1.807) is 0 Å². The van der Waals surface area contributed by atoms with Crippen molar-refractivity contribution in [3.63, 3.8) is 0 Å². The first-order valence-corrected chi connectivity index (χ1v) is 20.3. The van der Waals surface area contributed by atoms with Gasteiger partial charge in [0.25, 0.3) is 0 Å². The third kappa shape index (κ3) is 5.63. The van der Waals surface area contributed by atoms with E-state index in [-0.39, 0.29) is 29.0 Å². The lowest BCUT2D eigenvalue weighted by molar-refractivity contribution is 0.00578. The minimum absolute atomic E-state index is 0.179. The van der Waals surface area contributed by atoms with E-state index in [0.717, 1.165) is 28.6 Å². The van der Waals surface area contributed by atoms with Crippen molar-refractivity contribution in [2.75, 3.05) is 0 Å². The molecule has 3 heterocycles. The van der Waals surface area contributed by atoms with Gasteiger partial charge in [-0.25, -0.2) is 4.98 Å². The molecule has 2 aromatic heterocycles. The van der Waals surface area contributed by atoms with Gasteiger partial charge in [0.2, 0.25) is 5.28 Å². The third-order valence-corrected chi connectivity index (χ3v) is 13.5. The predicted molar refractivity (Wildman–Crippen MR) is 232 cm³/mol. The minimum Gasteiger partial charge on any atom is -0.399 e. The first kappa shape index (κ1) is 35.3. The first-order chi connectivity index (χ1) is 27.0. The molecule has 8 heteroatoms. The molecule has 0 amide bonds. The highest BCUT2D eigenvalue weighted by Crippen LogP contribution is 2.53. The topological polar surface area (TPSA) is 57.1 Å². The SMILES string of the molecule is CC1(Cc2ccc3c(c2)sc2cccc(-c4ccc(B5OC(C)(C)C(C)(C)O5)cc4)c23)c2ccccc2-c2c(-c3nc(Cl)nc(-c4ccccc4)n3)cccc21. The molecule has 0 N–H and O–H groups in total. The monoisotopic (exact) mass is 767 g/mol. The summed E-state index contributed by atoms with van der Waals surface area (Å²) in [6.45, 7) is 10.7. The molecule has 1 aliphatic heterocycles. The van der Waals surface area contributed by atoms with Crippen LogP contribution in [-0.4, -0.2) is 33.3 Å². The molecule has 2 aliphatic rings. The van der Waals surface area contributed by atoms with Crippen LogP contribution in [0.25, 0.3) is 65.2 Å². The maximum atomic E-state index is 6.56. The molecule has 1 fully saturated rings. The summed E-state index contributed by atoms with van der Waals surface area (Å²) in [4.78, 5) is 14.1. The highest BCUT2D eigenvalue weighted by molar-refractivity contribution is 7.26. The number of aromatic nitrogens is 3. The average Bonchev–Trinajstić information content (AvgIpc) is 3.78. The average molecular weight is 768 g/mol. The Balaban J connectivity index is 1.01. The van der Waals surface area contributed by atoms with Crippen molar-refractivity contribution in [1.82, 2.24) is 15.0 Å². The molecule has 1 saturated heterocycles. The van der Waals surface area contributed by atoms with E-state index in [9.17, 15) is 0 Å². The number of fused-ring (bicyclic) bond motifs is 6. The number of rotatable bonds is 6. The Morgan fingerprint density at radius 2 is 1.25 bits per heavy atom. The van der Waals surface area contributed by atoms with Crippen molar-refractivity contribution in [3.05, 3.63) is 155 Å². The summed E-state index contributed by atoms with van der Waals surface area (Å²) in [5, 5.41) is 2.75. The van der Waals surface area contributed by atoms with Crippen LogP contribution in [-0.2, 0) is 21.1 Å². The lowest BCUT2D eigenvalue weighted by atomic mass is 9.75.